The molecule has 2 atom stereocenters. The number of nitrogens with zero attached hydrogens (tertiary/aromatic N) is 2. The van der Waals surface area contributed by atoms with E-state index >= 15 is 0 Å². The molecule has 0 amide bonds. The number of fused-ring (bicyclic) bond motifs is 1. The number of imidazole rings is 1. The molecular formula is C22H25ClN2O4S. The van der Waals surface area contributed by atoms with Gasteiger partial charge in [0.15, 0.2) is 9.84 Å². The van der Waals surface area contributed by atoms with E-state index in [1.54, 1.807) is 0 Å². The summed E-state index contributed by atoms with van der Waals surface area (Å²) in [5.41, 5.74) is 2.77. The number of hydrogen-bond acceptors (Lipinski definition) is 5. The van der Waals surface area contributed by atoms with Crippen LogP contribution in [0.3, 0.4) is 0 Å². The van der Waals surface area contributed by atoms with Crippen molar-refractivity contribution in [1.29, 1.82) is 0 Å². The zero-order valence-corrected chi connectivity index (χ0v) is 18.1. The van der Waals surface area contributed by atoms with Gasteiger partial charge in [-0.1, -0.05) is 35.9 Å². The van der Waals surface area contributed by atoms with E-state index < -0.39 is 15.9 Å². The second kappa shape index (κ2) is 9.06. The highest BCUT2D eigenvalue weighted by Gasteiger charge is 2.29. The van der Waals surface area contributed by atoms with Crippen molar-refractivity contribution in [2.75, 3.05) is 18.1 Å². The molecule has 1 N–H and O–H groups in total. The maximum Gasteiger partial charge on any atom is 0.150 e. The van der Waals surface area contributed by atoms with E-state index in [9.17, 15) is 13.5 Å². The van der Waals surface area contributed by atoms with Gasteiger partial charge in [-0.05, 0) is 42.2 Å². The molecule has 30 heavy (non-hydrogen) atoms. The summed E-state index contributed by atoms with van der Waals surface area (Å²) in [7, 11) is -2.94. The number of sulfone groups is 1. The molecule has 1 saturated heterocycles. The Labute approximate surface area is 181 Å². The van der Waals surface area contributed by atoms with Gasteiger partial charge >= 0.3 is 0 Å². The minimum atomic E-state index is -2.94. The highest BCUT2D eigenvalue weighted by Crippen LogP contribution is 2.25. The Balaban J connectivity index is 1.43. The number of benzene rings is 2. The van der Waals surface area contributed by atoms with Crippen molar-refractivity contribution in [3.8, 4) is 0 Å². The van der Waals surface area contributed by atoms with Crippen molar-refractivity contribution < 1.29 is 18.3 Å². The van der Waals surface area contributed by atoms with Crippen LogP contribution in [0.2, 0.25) is 5.02 Å². The summed E-state index contributed by atoms with van der Waals surface area (Å²) in [5.74, 6) is 1.35. The van der Waals surface area contributed by atoms with Crippen LogP contribution in [-0.2, 0) is 34.1 Å². The van der Waals surface area contributed by atoms with Gasteiger partial charge in [0.05, 0.1) is 48.4 Å². The Hall–Kier alpha value is -1.93. The Morgan fingerprint density at radius 1 is 1.20 bits per heavy atom. The number of rotatable bonds is 8. The molecule has 0 bridgehead atoms. The fraction of sp³-hybridized carbons (Fsp3) is 0.409. The van der Waals surface area contributed by atoms with E-state index in [0.717, 1.165) is 22.4 Å². The number of para-hydroxylation sites is 2. The Bertz CT molecular complexity index is 1110. The summed E-state index contributed by atoms with van der Waals surface area (Å²) in [6.45, 7) is 0.925. The number of aromatic nitrogens is 2. The Kier molecular flexibility index (Phi) is 6.43. The lowest BCUT2D eigenvalue weighted by molar-refractivity contribution is 0.0205. The van der Waals surface area contributed by atoms with Crippen molar-refractivity contribution in [3.63, 3.8) is 0 Å². The summed E-state index contributed by atoms with van der Waals surface area (Å²) in [4.78, 5) is 4.72. The lowest BCUT2D eigenvalue weighted by Gasteiger charge is -2.16. The summed E-state index contributed by atoms with van der Waals surface area (Å²) in [5, 5.41) is 11.3. The van der Waals surface area contributed by atoms with Gasteiger partial charge in [0, 0.05) is 11.4 Å². The monoisotopic (exact) mass is 448 g/mol. The molecule has 0 radical (unpaired) electrons. The maximum atomic E-state index is 11.8. The van der Waals surface area contributed by atoms with Crippen molar-refractivity contribution >= 4 is 32.5 Å². The molecule has 1 fully saturated rings. The highest BCUT2D eigenvalue weighted by atomic mass is 35.5. The fourth-order valence-corrected chi connectivity index (χ4v) is 5.92. The molecule has 0 spiro atoms. The minimum Gasteiger partial charge on any atom is -0.389 e. The van der Waals surface area contributed by atoms with E-state index in [1.165, 1.54) is 0 Å². The molecule has 2 aromatic carbocycles. The minimum absolute atomic E-state index is 0.0730. The fourth-order valence-electron chi connectivity index (χ4n) is 3.93. The molecule has 3 aromatic rings. The Morgan fingerprint density at radius 3 is 2.70 bits per heavy atom. The third-order valence-corrected chi connectivity index (χ3v) is 7.51. The van der Waals surface area contributed by atoms with Crippen LogP contribution in [-0.4, -0.2) is 47.3 Å². The smallest absolute Gasteiger partial charge is 0.150 e. The van der Waals surface area contributed by atoms with Crippen LogP contribution in [0.15, 0.2) is 48.5 Å². The van der Waals surface area contributed by atoms with E-state index in [4.69, 9.17) is 21.3 Å². The van der Waals surface area contributed by atoms with Crippen molar-refractivity contribution in [3.05, 3.63) is 64.9 Å². The number of halogens is 1. The van der Waals surface area contributed by atoms with E-state index in [1.807, 2.05) is 53.1 Å². The largest absolute Gasteiger partial charge is 0.389 e. The number of aliphatic hydroxyl groups is 1. The van der Waals surface area contributed by atoms with Crippen molar-refractivity contribution in [2.24, 2.45) is 5.92 Å². The zero-order chi connectivity index (χ0) is 21.1. The first-order valence-corrected chi connectivity index (χ1v) is 12.2. The van der Waals surface area contributed by atoms with Crippen molar-refractivity contribution in [2.45, 2.75) is 32.1 Å². The molecule has 2 heterocycles. The van der Waals surface area contributed by atoms with Crippen LogP contribution < -0.4 is 0 Å². The van der Waals surface area contributed by atoms with E-state index in [2.05, 4.69) is 0 Å². The SMILES string of the molecule is O=S1(=O)CCC(Cc2nc3ccccc3n2CC(O)COCc2ccc(Cl)cc2)C1. The molecule has 6 nitrogen and oxygen atoms in total. The molecule has 2 unspecified atom stereocenters. The van der Waals surface area contributed by atoms with E-state index in [0.29, 0.717) is 31.0 Å². The summed E-state index contributed by atoms with van der Waals surface area (Å²) in [6.07, 6.45) is 0.547. The predicted octanol–water partition coefficient (Wildman–Crippen LogP) is 3.24. The average molecular weight is 449 g/mol. The van der Waals surface area contributed by atoms with Crippen LogP contribution in [0.1, 0.15) is 17.8 Å². The van der Waals surface area contributed by atoms with Gasteiger partial charge in [0.25, 0.3) is 0 Å². The lowest BCUT2D eigenvalue weighted by Crippen LogP contribution is -2.24. The van der Waals surface area contributed by atoms with Gasteiger partial charge in [0.2, 0.25) is 0 Å². The third-order valence-electron chi connectivity index (χ3n) is 5.42. The van der Waals surface area contributed by atoms with Crippen LogP contribution in [0, 0.1) is 5.92 Å². The summed E-state index contributed by atoms with van der Waals surface area (Å²) in [6, 6.07) is 15.2. The van der Waals surface area contributed by atoms with Gasteiger partial charge in [-0.2, -0.15) is 0 Å². The highest BCUT2D eigenvalue weighted by molar-refractivity contribution is 7.91. The number of aliphatic hydroxyl groups excluding tert-OH is 1. The lowest BCUT2D eigenvalue weighted by atomic mass is 10.1. The molecule has 4 rings (SSSR count). The second-order valence-corrected chi connectivity index (χ2v) is 10.6. The molecule has 160 valence electrons. The second-order valence-electron chi connectivity index (χ2n) is 7.90. The van der Waals surface area contributed by atoms with Gasteiger partial charge in [-0.3, -0.25) is 0 Å². The average Bonchev–Trinajstić information content (AvgIpc) is 3.23. The molecular weight excluding hydrogens is 424 g/mol. The molecule has 8 heteroatoms. The molecule has 0 saturated carbocycles. The number of ether oxygens (including phenoxy) is 1. The van der Waals surface area contributed by atoms with E-state index in [-0.39, 0.29) is 24.0 Å². The van der Waals surface area contributed by atoms with Crippen molar-refractivity contribution in [1.82, 2.24) is 9.55 Å². The van der Waals surface area contributed by atoms with Crippen LogP contribution in [0.25, 0.3) is 11.0 Å². The first kappa shape index (κ1) is 21.3. The predicted molar refractivity (Wildman–Crippen MR) is 117 cm³/mol. The van der Waals surface area contributed by atoms with Gasteiger partial charge in [0.1, 0.15) is 5.82 Å². The zero-order valence-electron chi connectivity index (χ0n) is 16.6. The van der Waals surface area contributed by atoms with Crippen LogP contribution in [0.5, 0.6) is 0 Å². The topological polar surface area (TPSA) is 81.4 Å². The van der Waals surface area contributed by atoms with Crippen LogP contribution >= 0.6 is 11.6 Å². The molecule has 1 aliphatic rings. The van der Waals surface area contributed by atoms with Crippen LogP contribution in [0.4, 0.5) is 0 Å². The first-order chi connectivity index (χ1) is 14.4. The van der Waals surface area contributed by atoms with Gasteiger partial charge in [-0.25, -0.2) is 13.4 Å². The van der Waals surface area contributed by atoms with Gasteiger partial charge in [-0.15, -0.1) is 0 Å². The maximum absolute atomic E-state index is 11.8. The summed E-state index contributed by atoms with van der Waals surface area (Å²) >= 11 is 5.89. The molecule has 0 aliphatic carbocycles. The first-order valence-electron chi connectivity index (χ1n) is 10.0. The molecule has 1 aliphatic heterocycles. The normalized spacial score (nSPS) is 19.3. The van der Waals surface area contributed by atoms with Gasteiger partial charge < -0.3 is 14.4 Å². The Morgan fingerprint density at radius 2 is 1.97 bits per heavy atom. The quantitative estimate of drug-likeness (QED) is 0.572. The number of hydrogen-bond donors (Lipinski definition) is 1. The standard InChI is InChI=1S/C22H25ClN2O4S/c23-18-7-5-16(6-8-18)13-29-14-19(26)12-25-21-4-2-1-3-20(21)24-22(25)11-17-9-10-30(27,28)15-17/h1-8,17,19,26H,9-15H2. The summed E-state index contributed by atoms with van der Waals surface area (Å²) < 4.78 is 31.3. The third kappa shape index (κ3) is 5.21. The molecule has 1 aromatic heterocycles.